The molecule has 1 saturated heterocycles. The zero-order valence-electron chi connectivity index (χ0n) is 8.64. The molecule has 0 bridgehead atoms. The molecule has 0 aromatic heterocycles. The van der Waals surface area contributed by atoms with Crippen LogP contribution in [0.15, 0.2) is 0 Å². The van der Waals surface area contributed by atoms with Crippen LogP contribution < -0.4 is 0 Å². The van der Waals surface area contributed by atoms with Gasteiger partial charge in [0.1, 0.15) is 0 Å². The summed E-state index contributed by atoms with van der Waals surface area (Å²) in [5.41, 5.74) is 0. The summed E-state index contributed by atoms with van der Waals surface area (Å²) >= 11 is 0. The molecule has 1 fully saturated rings. The highest BCUT2D eigenvalue weighted by atomic mass is 28.4. The van der Waals surface area contributed by atoms with Gasteiger partial charge in [-0.05, 0) is 25.3 Å². The third kappa shape index (κ3) is 1.07. The molecule has 0 aromatic carbocycles. The second kappa shape index (κ2) is 3.48. The van der Waals surface area contributed by atoms with Crippen molar-refractivity contribution in [1.29, 1.82) is 0 Å². The molecule has 0 atom stereocenters. The second-order valence-electron chi connectivity index (χ2n) is 3.65. The van der Waals surface area contributed by atoms with Crippen LogP contribution in [0.5, 0.6) is 0 Å². The molecule has 72 valence electrons. The van der Waals surface area contributed by atoms with Crippen molar-refractivity contribution in [3.63, 3.8) is 0 Å². The van der Waals surface area contributed by atoms with Gasteiger partial charge in [0.25, 0.3) is 0 Å². The third-order valence-corrected chi connectivity index (χ3v) is 8.55. The molecule has 0 N–H and O–H groups in total. The predicted octanol–water partition coefficient (Wildman–Crippen LogP) is 2.69. The van der Waals surface area contributed by atoms with Crippen molar-refractivity contribution in [2.24, 2.45) is 0 Å². The Hall–Kier alpha value is 0.137. The highest BCUT2D eigenvalue weighted by Gasteiger charge is 2.62. The Morgan fingerprint density at radius 2 is 1.67 bits per heavy atom. The molecule has 12 heavy (non-hydrogen) atoms. The van der Waals surface area contributed by atoms with Crippen LogP contribution in [0.25, 0.3) is 0 Å². The van der Waals surface area contributed by atoms with Gasteiger partial charge < -0.3 is 8.85 Å². The lowest BCUT2D eigenvalue weighted by atomic mass is 9.97. The van der Waals surface area contributed by atoms with E-state index in [0.717, 1.165) is 0 Å². The first-order valence-corrected chi connectivity index (χ1v) is 6.83. The molecule has 0 saturated carbocycles. The van der Waals surface area contributed by atoms with E-state index in [9.17, 15) is 0 Å². The largest absolute Gasteiger partial charge is 0.397 e. The molecule has 3 heteroatoms. The van der Waals surface area contributed by atoms with Gasteiger partial charge in [0.05, 0.1) is 0 Å². The molecule has 0 aromatic rings. The molecule has 1 aliphatic heterocycles. The summed E-state index contributed by atoms with van der Waals surface area (Å²) in [4.78, 5) is 0. The minimum absolute atomic E-state index is 0.413. The van der Waals surface area contributed by atoms with Crippen molar-refractivity contribution in [2.45, 2.75) is 44.2 Å². The van der Waals surface area contributed by atoms with Gasteiger partial charge in [0.15, 0.2) is 0 Å². The van der Waals surface area contributed by atoms with Gasteiger partial charge in [-0.2, -0.15) is 0 Å². The minimum Gasteiger partial charge on any atom is -0.397 e. The first kappa shape index (κ1) is 10.2. The van der Waals surface area contributed by atoms with Gasteiger partial charge in [0, 0.05) is 19.3 Å². The first-order valence-electron chi connectivity index (χ1n) is 4.80. The van der Waals surface area contributed by atoms with E-state index >= 15 is 0 Å². The average Bonchev–Trinajstić information content (AvgIpc) is 2.08. The van der Waals surface area contributed by atoms with Crippen molar-refractivity contribution in [3.8, 4) is 0 Å². The normalized spacial score (nSPS) is 25.0. The van der Waals surface area contributed by atoms with Gasteiger partial charge in [-0.25, -0.2) is 0 Å². The number of rotatable bonds is 4. The van der Waals surface area contributed by atoms with Gasteiger partial charge in [0.2, 0.25) is 0 Å². The smallest absolute Gasteiger partial charge is 0.344 e. The summed E-state index contributed by atoms with van der Waals surface area (Å²) in [6, 6.07) is 1.18. The van der Waals surface area contributed by atoms with E-state index in [1.165, 1.54) is 25.3 Å². The Morgan fingerprint density at radius 1 is 1.17 bits per heavy atom. The van der Waals surface area contributed by atoms with Gasteiger partial charge >= 0.3 is 8.56 Å². The fourth-order valence-electron chi connectivity index (χ4n) is 2.55. The quantitative estimate of drug-likeness (QED) is 0.632. The molecule has 0 unspecified atom stereocenters. The second-order valence-corrected chi connectivity index (χ2v) is 7.53. The van der Waals surface area contributed by atoms with E-state index in [4.69, 9.17) is 8.85 Å². The van der Waals surface area contributed by atoms with Crippen molar-refractivity contribution < 1.29 is 8.85 Å². The Balaban J connectivity index is 2.77. The van der Waals surface area contributed by atoms with E-state index in [1.807, 2.05) is 14.2 Å². The van der Waals surface area contributed by atoms with E-state index < -0.39 is 8.56 Å². The lowest BCUT2D eigenvalue weighted by molar-refractivity contribution is 0.155. The molecule has 0 amide bonds. The maximum atomic E-state index is 5.64. The van der Waals surface area contributed by atoms with Gasteiger partial charge in [-0.15, -0.1) is 0 Å². The summed E-state index contributed by atoms with van der Waals surface area (Å²) in [5, 5.41) is 0.413. The molecular weight excluding hydrogens is 168 g/mol. The van der Waals surface area contributed by atoms with E-state index in [-0.39, 0.29) is 0 Å². The lowest BCUT2D eigenvalue weighted by Crippen LogP contribution is -2.59. The fourth-order valence-corrected chi connectivity index (χ4v) is 6.43. The maximum Gasteiger partial charge on any atom is 0.344 e. The van der Waals surface area contributed by atoms with Crippen molar-refractivity contribution >= 4 is 8.56 Å². The Bertz CT molecular complexity index is 122. The molecule has 0 radical (unpaired) electrons. The molecular formula is C9H20O2Si. The summed E-state index contributed by atoms with van der Waals surface area (Å²) in [6.07, 6.45) is 3.71. The van der Waals surface area contributed by atoms with E-state index in [2.05, 4.69) is 13.8 Å². The van der Waals surface area contributed by atoms with E-state index in [1.54, 1.807) is 0 Å². The Labute approximate surface area is 76.5 Å². The number of hydrogen-bond donors (Lipinski definition) is 0. The predicted molar refractivity (Wildman–Crippen MR) is 52.5 cm³/mol. The SMILES string of the molecule is CCC1(CC)CC[Si]1(OC)OC. The molecule has 0 aliphatic carbocycles. The van der Waals surface area contributed by atoms with Crippen LogP contribution in [-0.4, -0.2) is 22.8 Å². The standard InChI is InChI=1S/C9H20O2Si/c1-5-9(6-2)7-8-12(9,10-3)11-4/h5-8H2,1-4H3. The summed E-state index contributed by atoms with van der Waals surface area (Å²) in [5.74, 6) is 0. The van der Waals surface area contributed by atoms with Crippen LogP contribution in [0, 0.1) is 0 Å². The topological polar surface area (TPSA) is 18.5 Å². The zero-order valence-corrected chi connectivity index (χ0v) is 9.64. The molecule has 1 rings (SSSR count). The van der Waals surface area contributed by atoms with Gasteiger partial charge in [-0.3, -0.25) is 0 Å². The van der Waals surface area contributed by atoms with Crippen LogP contribution in [0.2, 0.25) is 11.1 Å². The van der Waals surface area contributed by atoms with Crippen molar-refractivity contribution in [3.05, 3.63) is 0 Å². The summed E-state index contributed by atoms with van der Waals surface area (Å²) in [7, 11) is 1.86. The van der Waals surface area contributed by atoms with Crippen LogP contribution >= 0.6 is 0 Å². The highest BCUT2D eigenvalue weighted by Crippen LogP contribution is 2.60. The zero-order chi connectivity index (χ0) is 9.24. The Kier molecular flexibility index (Phi) is 2.96. The van der Waals surface area contributed by atoms with Gasteiger partial charge in [-0.1, -0.05) is 13.8 Å². The van der Waals surface area contributed by atoms with Crippen LogP contribution in [0.3, 0.4) is 0 Å². The van der Waals surface area contributed by atoms with Crippen molar-refractivity contribution in [1.82, 2.24) is 0 Å². The molecule has 0 spiro atoms. The van der Waals surface area contributed by atoms with Crippen LogP contribution in [0.1, 0.15) is 33.1 Å². The summed E-state index contributed by atoms with van der Waals surface area (Å²) < 4.78 is 11.3. The first-order chi connectivity index (χ1) is 5.70. The minimum atomic E-state index is -1.77. The third-order valence-electron chi connectivity index (χ3n) is 3.75. The molecule has 2 nitrogen and oxygen atoms in total. The number of hydrogen-bond acceptors (Lipinski definition) is 2. The lowest BCUT2D eigenvalue weighted by Gasteiger charge is -2.54. The highest BCUT2D eigenvalue weighted by molar-refractivity contribution is 6.73. The molecule has 1 aliphatic rings. The van der Waals surface area contributed by atoms with Crippen LogP contribution in [-0.2, 0) is 8.85 Å². The Morgan fingerprint density at radius 3 is 1.75 bits per heavy atom. The monoisotopic (exact) mass is 188 g/mol. The summed E-state index contributed by atoms with van der Waals surface area (Å²) in [6.45, 7) is 4.50. The fraction of sp³-hybridized carbons (Fsp3) is 1.00. The average molecular weight is 188 g/mol. The maximum absolute atomic E-state index is 5.64. The van der Waals surface area contributed by atoms with E-state index in [0.29, 0.717) is 5.04 Å². The van der Waals surface area contributed by atoms with Crippen LogP contribution in [0.4, 0.5) is 0 Å². The van der Waals surface area contributed by atoms with Crippen molar-refractivity contribution in [2.75, 3.05) is 14.2 Å². The molecule has 1 heterocycles.